The Balaban J connectivity index is 0.870. The Kier molecular flexibility index (Phi) is 4.34. The van der Waals surface area contributed by atoms with Crippen LogP contribution in [0.25, 0.3) is 10.8 Å². The molecule has 12 aliphatic rings. The number of anilines is 1. The molecule has 0 spiro atoms. The summed E-state index contributed by atoms with van der Waals surface area (Å²) in [4.78, 5) is 0. The topological polar surface area (TPSA) is 44.5 Å². The van der Waals surface area contributed by atoms with Gasteiger partial charge >= 0.3 is 0 Å². The molecule has 53 heavy (non-hydrogen) atoms. The lowest BCUT2D eigenvalue weighted by atomic mass is 9.19. The van der Waals surface area contributed by atoms with Crippen LogP contribution in [0, 0.1) is 80.8 Å². The van der Waals surface area contributed by atoms with E-state index in [4.69, 9.17) is 15.2 Å². The summed E-state index contributed by atoms with van der Waals surface area (Å²) < 4.78 is 13.3. The molecule has 15 rings (SSSR count). The second-order valence-electron chi connectivity index (χ2n) is 22.0. The molecule has 0 radical (unpaired) electrons. The Labute approximate surface area is 314 Å². The molecule has 3 aromatic carbocycles. The van der Waals surface area contributed by atoms with Crippen LogP contribution in [-0.4, -0.2) is 14.2 Å². The number of rotatable bonds is 2. The van der Waals surface area contributed by atoms with Crippen molar-refractivity contribution in [1.29, 1.82) is 0 Å². The molecule has 0 aromatic heterocycles. The normalized spacial score (nSPS) is 55.5. The molecule has 8 bridgehead atoms. The van der Waals surface area contributed by atoms with E-state index >= 15 is 0 Å². The number of nitrogens with two attached hydrogens (primary N) is 1. The highest BCUT2D eigenvalue weighted by Gasteiger charge is 2.90. The van der Waals surface area contributed by atoms with Gasteiger partial charge in [0.25, 0.3) is 0 Å². The molecule has 0 saturated heterocycles. The second kappa shape index (κ2) is 7.90. The van der Waals surface area contributed by atoms with Gasteiger partial charge in [-0.15, -0.1) is 0 Å². The van der Waals surface area contributed by atoms with Crippen molar-refractivity contribution in [3.8, 4) is 11.5 Å². The first kappa shape index (κ1) is 29.1. The van der Waals surface area contributed by atoms with Gasteiger partial charge in [0.05, 0.1) is 14.2 Å². The van der Waals surface area contributed by atoms with Crippen molar-refractivity contribution in [2.75, 3.05) is 20.0 Å². The molecule has 3 heteroatoms. The van der Waals surface area contributed by atoms with Gasteiger partial charge in [0.15, 0.2) is 0 Å². The Morgan fingerprint density at radius 3 is 1.26 bits per heavy atom. The van der Waals surface area contributed by atoms with E-state index in [0.717, 1.165) is 58.9 Å². The van der Waals surface area contributed by atoms with E-state index in [1.54, 1.807) is 22.3 Å². The zero-order chi connectivity index (χ0) is 35.5. The van der Waals surface area contributed by atoms with Crippen molar-refractivity contribution in [1.82, 2.24) is 0 Å². The van der Waals surface area contributed by atoms with Crippen molar-refractivity contribution >= 4 is 16.5 Å². The highest BCUT2D eigenvalue weighted by atomic mass is 16.5. The van der Waals surface area contributed by atoms with E-state index < -0.39 is 0 Å². The average molecular weight is 700 g/mol. The van der Waals surface area contributed by atoms with Gasteiger partial charge in [-0.1, -0.05) is 46.9 Å². The summed E-state index contributed by atoms with van der Waals surface area (Å²) in [5, 5.41) is 2.67. The summed E-state index contributed by atoms with van der Waals surface area (Å²) in [5.41, 5.74) is 21.4. The Hall–Kier alpha value is -3.20. The third-order valence-electron chi connectivity index (χ3n) is 22.6. The van der Waals surface area contributed by atoms with Gasteiger partial charge < -0.3 is 15.2 Å². The third-order valence-corrected chi connectivity index (χ3v) is 22.6. The largest absolute Gasteiger partial charge is 0.496 e. The maximum absolute atomic E-state index is 6.66. The number of benzene rings is 3. The molecule has 3 nitrogen and oxygen atoms in total. The summed E-state index contributed by atoms with van der Waals surface area (Å²) in [6.45, 7) is 20.1. The van der Waals surface area contributed by atoms with E-state index in [1.165, 1.54) is 70.2 Å². The molecule has 20 atom stereocenters. The molecular formula is C50H53NO2. The fourth-order valence-electron chi connectivity index (χ4n) is 21.7. The zero-order valence-electron chi connectivity index (χ0n) is 32.3. The minimum Gasteiger partial charge on any atom is -0.496 e. The summed E-state index contributed by atoms with van der Waals surface area (Å²) in [6.07, 6.45) is 5.30. The number of hydrogen-bond donors (Lipinski definition) is 1. The summed E-state index contributed by atoms with van der Waals surface area (Å²) in [5.74, 6) is 14.0. The third kappa shape index (κ3) is 2.30. The van der Waals surface area contributed by atoms with Gasteiger partial charge in [-0.25, -0.2) is 0 Å². The van der Waals surface area contributed by atoms with Crippen LogP contribution in [0.1, 0.15) is 122 Å². The lowest BCUT2D eigenvalue weighted by Gasteiger charge is -2.84. The van der Waals surface area contributed by atoms with E-state index in [2.05, 4.69) is 71.2 Å². The van der Waals surface area contributed by atoms with Crippen molar-refractivity contribution in [2.24, 2.45) is 80.8 Å². The molecule has 0 aliphatic heterocycles. The first-order chi connectivity index (χ1) is 25.5. The number of fused-ring (bicyclic) bond motifs is 40. The molecule has 2 N–H and O–H groups in total. The zero-order valence-corrected chi connectivity index (χ0v) is 32.3. The summed E-state index contributed by atoms with van der Waals surface area (Å²) in [7, 11) is 3.93. The van der Waals surface area contributed by atoms with Crippen molar-refractivity contribution in [3.05, 3.63) is 88.0 Å². The van der Waals surface area contributed by atoms with E-state index in [-0.39, 0.29) is 0 Å². The molecule has 0 amide bonds. The Morgan fingerprint density at radius 1 is 0.491 bits per heavy atom. The standard InChI is InChI=1S/C50H53NO2/c1-18-19(2)23-12-22(18)37-38(23)48(4)44-34-17-33(43(44)47(37,48)3)35-36(34)46(53-8)32-14-26-25(13-31(32)45(35)52-7)29-16-30(26)42-41(29)49(5)39-27-15-28(40(39)50(42,49)6)24-11-20(51)9-10-21(24)27/h9-11,13-14,22-23,27-30,33-34,37-44H,1-2,12,15-17,51H2,3-8H3/t22-,23+,27+,28-,29-,30+,33+,34-,37?,38?,39?,40?,41?,42?,43?,44?,47-,48+,49+,50-/m1/s1. The molecular weight excluding hydrogens is 647 g/mol. The number of allylic oxidation sites excluding steroid dienone is 2. The van der Waals surface area contributed by atoms with Gasteiger partial charge in [-0.2, -0.15) is 0 Å². The highest BCUT2D eigenvalue weighted by molar-refractivity contribution is 5.99. The summed E-state index contributed by atoms with van der Waals surface area (Å²) in [6, 6.07) is 12.2. The fraction of sp³-hybridized carbons (Fsp3) is 0.600. The minimum absolute atomic E-state index is 0.390. The van der Waals surface area contributed by atoms with Crippen molar-refractivity contribution in [3.63, 3.8) is 0 Å². The van der Waals surface area contributed by atoms with Crippen LogP contribution < -0.4 is 15.2 Å². The molecule has 270 valence electrons. The highest BCUT2D eigenvalue weighted by Crippen LogP contribution is 2.97. The lowest BCUT2D eigenvalue weighted by molar-refractivity contribution is -0.354. The van der Waals surface area contributed by atoms with Gasteiger partial charge in [-0.3, -0.25) is 0 Å². The van der Waals surface area contributed by atoms with Crippen LogP contribution in [0.2, 0.25) is 0 Å². The SMILES string of the molecule is C=C1C(=C)[C@@H]2C[C@H]1C1C2[C@@]2(C)C3C([C@H]4C[C@@H]3c3c4c(OC)c4cc5c(cc4c3OC)[C@@H]3C[C@H]5C4C3[C@@]3(C)C5C([C@H]6C[C@@H]5c5cc(N)ccc56)[C@@]43C)[C@@]12C. The monoisotopic (exact) mass is 699 g/mol. The number of nitrogen functional groups attached to an aromatic ring is 1. The fourth-order valence-corrected chi connectivity index (χ4v) is 21.7. The molecule has 3 aromatic rings. The van der Waals surface area contributed by atoms with Crippen molar-refractivity contribution < 1.29 is 9.47 Å². The number of hydrogen-bond acceptors (Lipinski definition) is 3. The maximum Gasteiger partial charge on any atom is 0.130 e. The molecule has 12 aliphatic carbocycles. The van der Waals surface area contributed by atoms with Gasteiger partial charge in [0, 0.05) is 27.6 Å². The number of ether oxygens (including phenoxy) is 2. The van der Waals surface area contributed by atoms with Gasteiger partial charge in [0.1, 0.15) is 11.5 Å². The Bertz CT molecular complexity index is 2440. The van der Waals surface area contributed by atoms with E-state index in [0.29, 0.717) is 63.1 Å². The Morgan fingerprint density at radius 2 is 0.830 bits per heavy atom. The lowest BCUT2D eigenvalue weighted by Crippen LogP contribution is -2.80. The molecule has 9 saturated carbocycles. The molecule has 0 heterocycles. The predicted octanol–water partition coefficient (Wildman–Crippen LogP) is 10.7. The van der Waals surface area contributed by atoms with Crippen molar-refractivity contribution in [2.45, 2.75) is 88.9 Å². The van der Waals surface area contributed by atoms with Crippen LogP contribution in [0.15, 0.2) is 54.6 Å². The van der Waals surface area contributed by atoms with E-state index in [9.17, 15) is 0 Å². The average Bonchev–Trinajstić information content (AvgIpc) is 4.03. The van der Waals surface area contributed by atoms with Crippen LogP contribution in [0.3, 0.4) is 0 Å². The predicted molar refractivity (Wildman–Crippen MR) is 208 cm³/mol. The van der Waals surface area contributed by atoms with Crippen LogP contribution in [0.4, 0.5) is 5.69 Å². The van der Waals surface area contributed by atoms with Crippen LogP contribution in [0.5, 0.6) is 11.5 Å². The van der Waals surface area contributed by atoms with Gasteiger partial charge in [-0.05, 0) is 200 Å². The summed E-state index contributed by atoms with van der Waals surface area (Å²) >= 11 is 0. The first-order valence-corrected chi connectivity index (χ1v) is 21.5. The molecule has 8 unspecified atom stereocenters. The molecule has 9 fully saturated rings. The quantitative estimate of drug-likeness (QED) is 0.214. The van der Waals surface area contributed by atoms with Crippen LogP contribution >= 0.6 is 0 Å². The minimum atomic E-state index is 0.390. The second-order valence-corrected chi connectivity index (χ2v) is 22.0. The maximum atomic E-state index is 6.66. The first-order valence-electron chi connectivity index (χ1n) is 21.5. The van der Waals surface area contributed by atoms with E-state index in [1.807, 2.05) is 14.2 Å². The smallest absolute Gasteiger partial charge is 0.130 e. The van der Waals surface area contributed by atoms with Crippen LogP contribution in [-0.2, 0) is 0 Å². The van der Waals surface area contributed by atoms with Gasteiger partial charge in [0.2, 0.25) is 0 Å². The number of methoxy groups -OCH3 is 2.